The number of aryl methyl sites for hydroxylation is 1. The molecule has 0 radical (unpaired) electrons. The van der Waals surface area contributed by atoms with Gasteiger partial charge in [0, 0.05) is 5.69 Å². The van der Waals surface area contributed by atoms with Crippen molar-refractivity contribution >= 4 is 11.7 Å². The molecule has 2 aromatic carbocycles. The third-order valence-electron chi connectivity index (χ3n) is 3.52. The first-order chi connectivity index (χ1) is 10.0. The molecule has 0 fully saturated rings. The van der Waals surface area contributed by atoms with Crippen LogP contribution in [0.25, 0.3) is 0 Å². The van der Waals surface area contributed by atoms with E-state index in [1.165, 1.54) is 0 Å². The summed E-state index contributed by atoms with van der Waals surface area (Å²) in [6.07, 6.45) is 0.849. The first-order valence-corrected chi connectivity index (χ1v) is 6.90. The van der Waals surface area contributed by atoms with Crippen molar-refractivity contribution in [2.45, 2.75) is 26.3 Å². The monoisotopic (exact) mass is 285 g/mol. The summed E-state index contributed by atoms with van der Waals surface area (Å²) in [5.74, 6) is -0.701. The lowest BCUT2D eigenvalue weighted by Gasteiger charge is -2.20. The standard InChI is InChI=1S/C17H19NO3/c1-3-15(12-6-8-14(19)9-7-12)18-16-10-13(17(20)21)5-4-11(16)2/h4-10,15,18-19H,3H2,1-2H3,(H,20,21). The van der Waals surface area contributed by atoms with Crippen LogP contribution in [0, 0.1) is 6.92 Å². The van der Waals surface area contributed by atoms with Gasteiger partial charge in [-0.15, -0.1) is 0 Å². The lowest BCUT2D eigenvalue weighted by molar-refractivity contribution is 0.0697. The number of carboxylic acid groups (broad SMARTS) is 1. The van der Waals surface area contributed by atoms with Crippen molar-refractivity contribution in [1.29, 1.82) is 0 Å². The van der Waals surface area contributed by atoms with Crippen molar-refractivity contribution in [2.75, 3.05) is 5.32 Å². The summed E-state index contributed by atoms with van der Waals surface area (Å²) >= 11 is 0. The molecule has 21 heavy (non-hydrogen) atoms. The molecule has 0 saturated carbocycles. The van der Waals surface area contributed by atoms with Crippen LogP contribution >= 0.6 is 0 Å². The number of aromatic carboxylic acids is 1. The highest BCUT2D eigenvalue weighted by atomic mass is 16.4. The Balaban J connectivity index is 2.28. The summed E-state index contributed by atoms with van der Waals surface area (Å²) in [5.41, 5.74) is 3.13. The molecule has 110 valence electrons. The molecule has 3 N–H and O–H groups in total. The lowest BCUT2D eigenvalue weighted by Crippen LogP contribution is -2.11. The van der Waals surface area contributed by atoms with E-state index in [-0.39, 0.29) is 17.4 Å². The predicted molar refractivity (Wildman–Crippen MR) is 82.9 cm³/mol. The van der Waals surface area contributed by atoms with Gasteiger partial charge in [0.15, 0.2) is 0 Å². The van der Waals surface area contributed by atoms with E-state index in [1.54, 1.807) is 30.3 Å². The molecule has 0 bridgehead atoms. The summed E-state index contributed by atoms with van der Waals surface area (Å²) in [7, 11) is 0. The number of carboxylic acids is 1. The van der Waals surface area contributed by atoms with Crippen LogP contribution in [0.2, 0.25) is 0 Å². The van der Waals surface area contributed by atoms with Crippen LogP contribution in [0.3, 0.4) is 0 Å². The maximum atomic E-state index is 11.1. The number of hydrogen-bond donors (Lipinski definition) is 3. The third-order valence-corrected chi connectivity index (χ3v) is 3.52. The Morgan fingerprint density at radius 2 is 1.86 bits per heavy atom. The van der Waals surface area contributed by atoms with Gasteiger partial charge in [-0.05, 0) is 48.7 Å². The zero-order valence-electron chi connectivity index (χ0n) is 12.1. The minimum atomic E-state index is -0.935. The fourth-order valence-corrected chi connectivity index (χ4v) is 2.23. The fourth-order valence-electron chi connectivity index (χ4n) is 2.23. The number of rotatable bonds is 5. The second-order valence-corrected chi connectivity index (χ2v) is 5.03. The maximum absolute atomic E-state index is 11.1. The molecule has 1 unspecified atom stereocenters. The van der Waals surface area contributed by atoms with Crippen molar-refractivity contribution in [3.8, 4) is 5.75 Å². The van der Waals surface area contributed by atoms with Gasteiger partial charge in [0.1, 0.15) is 5.75 Å². The van der Waals surface area contributed by atoms with E-state index in [1.807, 2.05) is 19.1 Å². The molecule has 0 saturated heterocycles. The van der Waals surface area contributed by atoms with E-state index < -0.39 is 5.97 Å². The number of aromatic hydroxyl groups is 1. The normalized spacial score (nSPS) is 11.9. The smallest absolute Gasteiger partial charge is 0.335 e. The van der Waals surface area contributed by atoms with Gasteiger partial charge in [0.05, 0.1) is 11.6 Å². The van der Waals surface area contributed by atoms with Crippen LogP contribution in [0.5, 0.6) is 5.75 Å². The van der Waals surface area contributed by atoms with Crippen LogP contribution in [0.4, 0.5) is 5.69 Å². The van der Waals surface area contributed by atoms with Crippen molar-refractivity contribution in [3.63, 3.8) is 0 Å². The Labute approximate surface area is 124 Å². The van der Waals surface area contributed by atoms with Gasteiger partial charge in [-0.3, -0.25) is 0 Å². The SMILES string of the molecule is CCC(Nc1cc(C(=O)O)ccc1C)c1ccc(O)cc1. The Hall–Kier alpha value is -2.49. The van der Waals surface area contributed by atoms with Gasteiger partial charge in [0.25, 0.3) is 0 Å². The van der Waals surface area contributed by atoms with E-state index in [2.05, 4.69) is 12.2 Å². The van der Waals surface area contributed by atoms with Crippen LogP contribution in [-0.4, -0.2) is 16.2 Å². The molecule has 1 atom stereocenters. The van der Waals surface area contributed by atoms with Gasteiger partial charge in [-0.1, -0.05) is 25.1 Å². The second kappa shape index (κ2) is 6.31. The van der Waals surface area contributed by atoms with Crippen molar-refractivity contribution in [1.82, 2.24) is 0 Å². The number of nitrogens with one attached hydrogen (secondary N) is 1. The molecule has 4 heteroatoms. The van der Waals surface area contributed by atoms with Crippen molar-refractivity contribution in [2.24, 2.45) is 0 Å². The zero-order chi connectivity index (χ0) is 15.4. The quantitative estimate of drug-likeness (QED) is 0.777. The van der Waals surface area contributed by atoms with Crippen LogP contribution in [0.15, 0.2) is 42.5 Å². The van der Waals surface area contributed by atoms with Gasteiger partial charge in [-0.25, -0.2) is 4.79 Å². The van der Waals surface area contributed by atoms with Gasteiger partial charge in [-0.2, -0.15) is 0 Å². The highest BCUT2D eigenvalue weighted by Crippen LogP contribution is 2.26. The molecule has 2 rings (SSSR count). The largest absolute Gasteiger partial charge is 0.508 e. The number of benzene rings is 2. The number of phenols is 1. The fraction of sp³-hybridized carbons (Fsp3) is 0.235. The molecule has 0 heterocycles. The Kier molecular flexibility index (Phi) is 4.48. The second-order valence-electron chi connectivity index (χ2n) is 5.03. The average Bonchev–Trinajstić information content (AvgIpc) is 2.47. The molecule has 0 amide bonds. The molecule has 0 aromatic heterocycles. The summed E-state index contributed by atoms with van der Waals surface area (Å²) in [6, 6.07) is 12.2. The third kappa shape index (κ3) is 3.54. The number of anilines is 1. The number of hydrogen-bond acceptors (Lipinski definition) is 3. The summed E-state index contributed by atoms with van der Waals surface area (Å²) in [5, 5.41) is 21.8. The maximum Gasteiger partial charge on any atom is 0.335 e. The minimum absolute atomic E-state index is 0.0633. The van der Waals surface area contributed by atoms with E-state index in [0.29, 0.717) is 0 Å². The Morgan fingerprint density at radius 3 is 2.43 bits per heavy atom. The number of carbonyl (C=O) groups is 1. The first kappa shape index (κ1) is 14.9. The van der Waals surface area contributed by atoms with E-state index >= 15 is 0 Å². The highest BCUT2D eigenvalue weighted by Gasteiger charge is 2.12. The highest BCUT2D eigenvalue weighted by molar-refractivity contribution is 5.89. The Morgan fingerprint density at radius 1 is 1.19 bits per heavy atom. The van der Waals surface area contributed by atoms with E-state index in [4.69, 9.17) is 5.11 Å². The molecule has 0 aliphatic heterocycles. The molecule has 4 nitrogen and oxygen atoms in total. The Bertz CT molecular complexity index is 635. The molecule has 0 spiro atoms. The van der Waals surface area contributed by atoms with Crippen LogP contribution < -0.4 is 5.32 Å². The summed E-state index contributed by atoms with van der Waals surface area (Å²) in [4.78, 5) is 11.1. The van der Waals surface area contributed by atoms with Gasteiger partial charge >= 0.3 is 5.97 Å². The molecule has 0 aliphatic rings. The molecule has 0 aliphatic carbocycles. The first-order valence-electron chi connectivity index (χ1n) is 6.90. The van der Waals surface area contributed by atoms with Gasteiger partial charge in [0.2, 0.25) is 0 Å². The topological polar surface area (TPSA) is 69.6 Å². The van der Waals surface area contributed by atoms with Crippen molar-refractivity contribution in [3.05, 3.63) is 59.2 Å². The zero-order valence-corrected chi connectivity index (χ0v) is 12.1. The molecular weight excluding hydrogens is 266 g/mol. The summed E-state index contributed by atoms with van der Waals surface area (Å²) in [6.45, 7) is 4.00. The van der Waals surface area contributed by atoms with Crippen molar-refractivity contribution < 1.29 is 15.0 Å². The summed E-state index contributed by atoms with van der Waals surface area (Å²) < 4.78 is 0. The van der Waals surface area contributed by atoms with Crippen LogP contribution in [-0.2, 0) is 0 Å². The molecular formula is C17H19NO3. The predicted octanol–water partition coefficient (Wildman–Crippen LogP) is 3.96. The van der Waals surface area contributed by atoms with E-state index in [0.717, 1.165) is 23.2 Å². The number of phenolic OH excluding ortho intramolecular Hbond substituents is 1. The minimum Gasteiger partial charge on any atom is -0.508 e. The molecule has 2 aromatic rings. The van der Waals surface area contributed by atoms with Crippen LogP contribution in [0.1, 0.15) is 40.9 Å². The lowest BCUT2D eigenvalue weighted by atomic mass is 10.0. The van der Waals surface area contributed by atoms with E-state index in [9.17, 15) is 9.90 Å². The average molecular weight is 285 g/mol. The van der Waals surface area contributed by atoms with Gasteiger partial charge < -0.3 is 15.5 Å².